The van der Waals surface area contributed by atoms with E-state index in [9.17, 15) is 0 Å². The van der Waals surface area contributed by atoms with E-state index in [0.29, 0.717) is 12.5 Å². The molecule has 2 aromatic heterocycles. The van der Waals surface area contributed by atoms with E-state index in [4.69, 9.17) is 16.3 Å². The van der Waals surface area contributed by atoms with Crippen LogP contribution in [0.4, 0.5) is 0 Å². The van der Waals surface area contributed by atoms with Gasteiger partial charge >= 0.3 is 0 Å². The number of rotatable bonds is 2. The first kappa shape index (κ1) is 10.4. The molecule has 0 amide bonds. The summed E-state index contributed by atoms with van der Waals surface area (Å²) in [4.78, 5) is 0.810. The summed E-state index contributed by atoms with van der Waals surface area (Å²) in [5.41, 5.74) is 0. The van der Waals surface area contributed by atoms with Crippen molar-refractivity contribution < 1.29 is 4.74 Å². The topological polar surface area (TPSA) is 52.3 Å². The van der Waals surface area contributed by atoms with Gasteiger partial charge in [-0.1, -0.05) is 11.3 Å². The van der Waals surface area contributed by atoms with E-state index in [2.05, 4.69) is 15.3 Å². The van der Waals surface area contributed by atoms with E-state index in [1.807, 2.05) is 6.92 Å². The van der Waals surface area contributed by atoms with Crippen molar-refractivity contribution in [3.05, 3.63) is 10.8 Å². The summed E-state index contributed by atoms with van der Waals surface area (Å²) in [5.74, 6) is 1.21. The first-order chi connectivity index (χ1) is 7.75. The van der Waals surface area contributed by atoms with E-state index in [1.165, 1.54) is 11.3 Å². The van der Waals surface area contributed by atoms with Crippen molar-refractivity contribution in [2.45, 2.75) is 24.6 Å². The van der Waals surface area contributed by atoms with Gasteiger partial charge in [-0.2, -0.15) is 9.61 Å². The van der Waals surface area contributed by atoms with Crippen LogP contribution >= 0.6 is 22.9 Å². The lowest BCUT2D eigenvalue weighted by atomic mass is 10.1. The molecule has 0 aromatic carbocycles. The zero-order chi connectivity index (χ0) is 11.1. The molecule has 1 saturated heterocycles. The smallest absolute Gasteiger partial charge is 0.234 e. The van der Waals surface area contributed by atoms with Gasteiger partial charge in [-0.3, -0.25) is 0 Å². The summed E-state index contributed by atoms with van der Waals surface area (Å²) in [5, 5.41) is 13.5. The molecule has 0 aliphatic carbocycles. The predicted octanol–water partition coefficient (Wildman–Crippen LogP) is 1.99. The van der Waals surface area contributed by atoms with Crippen LogP contribution < -0.4 is 0 Å². The number of ether oxygens (including phenoxy) is 1. The second kappa shape index (κ2) is 3.94. The second-order valence-electron chi connectivity index (χ2n) is 3.87. The number of halogens is 1. The third-order valence-corrected chi connectivity index (χ3v) is 4.08. The van der Waals surface area contributed by atoms with E-state index in [0.717, 1.165) is 28.8 Å². The Balaban J connectivity index is 2.04. The lowest BCUT2D eigenvalue weighted by Crippen LogP contribution is -2.05. The van der Waals surface area contributed by atoms with Crippen LogP contribution in [0.5, 0.6) is 0 Å². The molecule has 3 heterocycles. The minimum absolute atomic E-state index is 0.0839. The minimum atomic E-state index is -0.0839. The Morgan fingerprint density at radius 2 is 2.44 bits per heavy atom. The molecule has 0 saturated carbocycles. The Kier molecular flexibility index (Phi) is 2.57. The zero-order valence-electron chi connectivity index (χ0n) is 8.76. The molecule has 3 rings (SSSR count). The fourth-order valence-electron chi connectivity index (χ4n) is 1.80. The molecule has 7 heteroatoms. The van der Waals surface area contributed by atoms with Crippen molar-refractivity contribution in [2.24, 2.45) is 0 Å². The van der Waals surface area contributed by atoms with Crippen LogP contribution in [0.25, 0.3) is 4.96 Å². The number of nitrogens with zero attached hydrogens (tertiary/aromatic N) is 4. The van der Waals surface area contributed by atoms with Gasteiger partial charge in [0.25, 0.3) is 0 Å². The molecular formula is C9H11ClN4OS. The fraction of sp³-hybridized carbons (Fsp3) is 0.667. The third kappa shape index (κ3) is 1.61. The summed E-state index contributed by atoms with van der Waals surface area (Å²) >= 11 is 7.50. The van der Waals surface area contributed by atoms with Gasteiger partial charge in [-0.25, -0.2) is 0 Å². The van der Waals surface area contributed by atoms with Crippen LogP contribution in [0.3, 0.4) is 0 Å². The quantitative estimate of drug-likeness (QED) is 0.773. The van der Waals surface area contributed by atoms with Gasteiger partial charge in [0, 0.05) is 12.5 Å². The Morgan fingerprint density at radius 3 is 3.12 bits per heavy atom. The third-order valence-electron chi connectivity index (χ3n) is 2.67. The highest BCUT2D eigenvalue weighted by atomic mass is 35.5. The normalized spacial score (nSPS) is 23.0. The number of hydrogen-bond acceptors (Lipinski definition) is 5. The van der Waals surface area contributed by atoms with Gasteiger partial charge in [-0.15, -0.1) is 21.8 Å². The summed E-state index contributed by atoms with van der Waals surface area (Å²) < 4.78 is 7.16. The van der Waals surface area contributed by atoms with E-state index in [1.54, 1.807) is 4.52 Å². The maximum atomic E-state index is 6.01. The molecule has 1 aliphatic rings. The summed E-state index contributed by atoms with van der Waals surface area (Å²) in [6.45, 7) is 3.41. The van der Waals surface area contributed by atoms with Gasteiger partial charge in [-0.05, 0) is 13.3 Å². The molecule has 0 spiro atoms. The summed E-state index contributed by atoms with van der Waals surface area (Å²) in [6.07, 6.45) is 0.990. The number of aromatic nitrogens is 4. The van der Waals surface area contributed by atoms with Crippen LogP contribution in [0.15, 0.2) is 0 Å². The zero-order valence-corrected chi connectivity index (χ0v) is 10.3. The van der Waals surface area contributed by atoms with Gasteiger partial charge in [0.1, 0.15) is 5.01 Å². The van der Waals surface area contributed by atoms with Crippen molar-refractivity contribution in [1.29, 1.82) is 0 Å². The van der Waals surface area contributed by atoms with Crippen LogP contribution in [-0.4, -0.2) is 33.0 Å². The van der Waals surface area contributed by atoms with Crippen LogP contribution in [0.1, 0.15) is 35.5 Å². The number of fused-ring (bicyclic) bond motifs is 1. The Bertz CT molecular complexity index is 503. The summed E-state index contributed by atoms with van der Waals surface area (Å²) in [7, 11) is 0. The Labute approximate surface area is 101 Å². The second-order valence-corrected chi connectivity index (χ2v) is 5.51. The minimum Gasteiger partial charge on any atom is -0.381 e. The van der Waals surface area contributed by atoms with Crippen LogP contribution in [-0.2, 0) is 4.74 Å². The lowest BCUT2D eigenvalue weighted by Gasteiger charge is -2.01. The summed E-state index contributed by atoms with van der Waals surface area (Å²) in [6, 6.07) is 0. The molecule has 2 aromatic rings. The number of alkyl halides is 1. The monoisotopic (exact) mass is 258 g/mol. The van der Waals surface area contributed by atoms with Gasteiger partial charge in [0.2, 0.25) is 4.96 Å². The maximum absolute atomic E-state index is 6.01. The van der Waals surface area contributed by atoms with E-state index < -0.39 is 0 Å². The lowest BCUT2D eigenvalue weighted by molar-refractivity contribution is 0.193. The van der Waals surface area contributed by atoms with Gasteiger partial charge in [0.15, 0.2) is 5.82 Å². The Morgan fingerprint density at radius 1 is 1.56 bits per heavy atom. The first-order valence-electron chi connectivity index (χ1n) is 5.19. The average molecular weight is 259 g/mol. The van der Waals surface area contributed by atoms with Gasteiger partial charge < -0.3 is 4.74 Å². The average Bonchev–Trinajstić information content (AvgIpc) is 2.92. The molecule has 0 N–H and O–H groups in total. The molecule has 16 heavy (non-hydrogen) atoms. The fourth-order valence-corrected chi connectivity index (χ4v) is 2.75. The van der Waals surface area contributed by atoms with Crippen molar-refractivity contribution >= 4 is 27.9 Å². The standard InChI is InChI=1S/C9H11ClN4OS/c1-5(10)8-13-14-7(6-2-3-15-4-6)11-12-9(14)16-8/h5-6H,2-4H2,1H3. The van der Waals surface area contributed by atoms with E-state index in [-0.39, 0.29) is 5.38 Å². The van der Waals surface area contributed by atoms with E-state index >= 15 is 0 Å². The van der Waals surface area contributed by atoms with Crippen molar-refractivity contribution in [3.8, 4) is 0 Å². The first-order valence-corrected chi connectivity index (χ1v) is 6.45. The maximum Gasteiger partial charge on any atom is 0.234 e. The van der Waals surface area contributed by atoms with Crippen LogP contribution in [0, 0.1) is 0 Å². The van der Waals surface area contributed by atoms with Crippen molar-refractivity contribution in [2.75, 3.05) is 13.2 Å². The predicted molar refractivity (Wildman–Crippen MR) is 61.1 cm³/mol. The highest BCUT2D eigenvalue weighted by Crippen LogP contribution is 2.28. The SMILES string of the molecule is CC(Cl)c1nn2c(C3CCOC3)nnc2s1. The highest BCUT2D eigenvalue weighted by molar-refractivity contribution is 7.16. The van der Waals surface area contributed by atoms with Crippen LogP contribution in [0.2, 0.25) is 0 Å². The molecule has 1 aliphatic heterocycles. The molecule has 0 bridgehead atoms. The van der Waals surface area contributed by atoms with Gasteiger partial charge in [0.05, 0.1) is 12.0 Å². The Hall–Kier alpha value is -0.720. The molecule has 2 atom stereocenters. The highest BCUT2D eigenvalue weighted by Gasteiger charge is 2.25. The van der Waals surface area contributed by atoms with Crippen molar-refractivity contribution in [1.82, 2.24) is 19.8 Å². The molecular weight excluding hydrogens is 248 g/mol. The molecule has 2 unspecified atom stereocenters. The molecule has 1 fully saturated rings. The largest absolute Gasteiger partial charge is 0.381 e. The number of hydrogen-bond donors (Lipinski definition) is 0. The molecule has 86 valence electrons. The molecule has 0 radical (unpaired) electrons. The van der Waals surface area contributed by atoms with Crippen molar-refractivity contribution in [3.63, 3.8) is 0 Å². The molecule has 5 nitrogen and oxygen atoms in total.